The predicted octanol–water partition coefficient (Wildman–Crippen LogP) is 3.41. The Kier molecular flexibility index (Phi) is 4.69. The number of nitrogens with zero attached hydrogens (tertiary/aromatic N) is 2. The Balaban J connectivity index is 2.19. The van der Waals surface area contributed by atoms with Crippen LogP contribution in [0.5, 0.6) is 0 Å². The van der Waals surface area contributed by atoms with Crippen molar-refractivity contribution in [1.29, 1.82) is 0 Å². The molecule has 1 heterocycles. The van der Waals surface area contributed by atoms with Crippen LogP contribution in [0.15, 0.2) is 30.6 Å². The van der Waals surface area contributed by atoms with Gasteiger partial charge in [0.2, 0.25) is 0 Å². The van der Waals surface area contributed by atoms with Crippen LogP contribution >= 0.6 is 11.6 Å². The van der Waals surface area contributed by atoms with E-state index in [1.165, 1.54) is 6.33 Å². The molecule has 2 N–H and O–H groups in total. The molecule has 0 amide bonds. The Morgan fingerprint density at radius 1 is 1.19 bits per heavy atom. The van der Waals surface area contributed by atoms with Crippen LogP contribution < -0.4 is 0 Å². The first-order valence-corrected chi connectivity index (χ1v) is 7.55. The van der Waals surface area contributed by atoms with E-state index in [0.29, 0.717) is 18.7 Å². The third-order valence-electron chi connectivity index (χ3n) is 4.32. The largest absolute Gasteiger partial charge is 0.389 e. The Morgan fingerprint density at radius 2 is 1.86 bits per heavy atom. The van der Waals surface area contributed by atoms with Crippen molar-refractivity contribution < 1.29 is 5.11 Å². The SMILES string of the molecule is CCC(O)(Cc1nc[nH]n1)C(C)(C)Cc1ccc(Cl)cc1. The molecule has 5 heteroatoms. The lowest BCUT2D eigenvalue weighted by Crippen LogP contribution is -2.47. The summed E-state index contributed by atoms with van der Waals surface area (Å²) in [7, 11) is 0. The predicted molar refractivity (Wildman–Crippen MR) is 84.3 cm³/mol. The minimum absolute atomic E-state index is 0.309. The molecule has 0 aliphatic rings. The molecule has 114 valence electrons. The fraction of sp³-hybridized carbons (Fsp3) is 0.500. The van der Waals surface area contributed by atoms with E-state index in [9.17, 15) is 5.11 Å². The van der Waals surface area contributed by atoms with Gasteiger partial charge in [-0.3, -0.25) is 5.10 Å². The van der Waals surface area contributed by atoms with Crippen LogP contribution in [-0.4, -0.2) is 25.9 Å². The Labute approximate surface area is 130 Å². The summed E-state index contributed by atoms with van der Waals surface area (Å²) in [5.41, 5.74) is -0.0170. The zero-order valence-corrected chi connectivity index (χ0v) is 13.5. The summed E-state index contributed by atoms with van der Waals surface area (Å²) >= 11 is 5.93. The molecular formula is C16H22ClN3O. The van der Waals surface area contributed by atoms with Gasteiger partial charge in [0.1, 0.15) is 6.33 Å². The van der Waals surface area contributed by atoms with Gasteiger partial charge in [0.05, 0.1) is 5.60 Å². The van der Waals surface area contributed by atoms with E-state index in [-0.39, 0.29) is 5.41 Å². The van der Waals surface area contributed by atoms with Crippen LogP contribution in [0.4, 0.5) is 0 Å². The Bertz CT molecular complexity index is 566. The lowest BCUT2D eigenvalue weighted by atomic mass is 9.68. The first-order chi connectivity index (χ1) is 9.86. The molecule has 1 atom stereocenters. The molecule has 2 rings (SSSR count). The van der Waals surface area contributed by atoms with E-state index in [0.717, 1.165) is 17.0 Å². The molecule has 0 aliphatic heterocycles. The van der Waals surface area contributed by atoms with Gasteiger partial charge in [-0.25, -0.2) is 4.98 Å². The number of rotatable bonds is 6. The fourth-order valence-electron chi connectivity index (χ4n) is 2.70. The molecule has 4 nitrogen and oxygen atoms in total. The number of benzene rings is 1. The number of aromatic amines is 1. The van der Waals surface area contributed by atoms with Gasteiger partial charge >= 0.3 is 0 Å². The van der Waals surface area contributed by atoms with Crippen molar-refractivity contribution in [2.75, 3.05) is 0 Å². The molecule has 0 aliphatic carbocycles. The normalized spacial score (nSPS) is 14.9. The summed E-state index contributed by atoms with van der Waals surface area (Å²) in [6, 6.07) is 7.78. The highest BCUT2D eigenvalue weighted by Gasteiger charge is 2.42. The standard InChI is InChI=1S/C16H22ClN3O/c1-4-16(21,10-14-18-11-19-20-14)15(2,3)9-12-5-7-13(17)8-6-12/h5-8,11,21H,4,9-10H2,1-3H3,(H,18,19,20). The highest BCUT2D eigenvalue weighted by Crippen LogP contribution is 2.39. The monoisotopic (exact) mass is 307 g/mol. The van der Waals surface area contributed by atoms with Gasteiger partial charge in [-0.1, -0.05) is 44.5 Å². The third-order valence-corrected chi connectivity index (χ3v) is 4.57. The summed E-state index contributed by atoms with van der Waals surface area (Å²) < 4.78 is 0. The molecule has 0 fully saturated rings. The average molecular weight is 308 g/mol. The van der Waals surface area contributed by atoms with Crippen molar-refractivity contribution in [2.24, 2.45) is 5.41 Å². The maximum atomic E-state index is 11.1. The van der Waals surface area contributed by atoms with Gasteiger partial charge in [0.15, 0.2) is 5.82 Å². The number of halogens is 1. The van der Waals surface area contributed by atoms with Gasteiger partial charge in [-0.05, 0) is 36.0 Å². The van der Waals surface area contributed by atoms with E-state index < -0.39 is 5.60 Å². The maximum absolute atomic E-state index is 11.1. The van der Waals surface area contributed by atoms with Crippen molar-refractivity contribution in [1.82, 2.24) is 15.2 Å². The van der Waals surface area contributed by atoms with Crippen LogP contribution in [-0.2, 0) is 12.8 Å². The van der Waals surface area contributed by atoms with E-state index in [4.69, 9.17) is 11.6 Å². The van der Waals surface area contributed by atoms with Crippen molar-refractivity contribution in [3.8, 4) is 0 Å². The zero-order chi connectivity index (χ0) is 15.5. The highest BCUT2D eigenvalue weighted by atomic mass is 35.5. The van der Waals surface area contributed by atoms with Crippen LogP contribution in [0.1, 0.15) is 38.6 Å². The molecule has 0 saturated carbocycles. The van der Waals surface area contributed by atoms with Gasteiger partial charge in [0, 0.05) is 11.4 Å². The number of hydrogen-bond donors (Lipinski definition) is 2. The minimum atomic E-state index is -0.866. The molecule has 1 aromatic heterocycles. The van der Waals surface area contributed by atoms with Crippen molar-refractivity contribution in [3.63, 3.8) is 0 Å². The van der Waals surface area contributed by atoms with Crippen LogP contribution in [0.2, 0.25) is 5.02 Å². The van der Waals surface area contributed by atoms with Gasteiger partial charge in [-0.2, -0.15) is 5.10 Å². The fourth-order valence-corrected chi connectivity index (χ4v) is 2.83. The first-order valence-electron chi connectivity index (χ1n) is 7.18. The summed E-state index contributed by atoms with van der Waals surface area (Å²) in [5, 5.41) is 18.6. The molecule has 0 saturated heterocycles. The lowest BCUT2D eigenvalue weighted by Gasteiger charge is -2.42. The average Bonchev–Trinajstić information content (AvgIpc) is 2.93. The quantitative estimate of drug-likeness (QED) is 0.859. The highest BCUT2D eigenvalue weighted by molar-refractivity contribution is 6.30. The smallest absolute Gasteiger partial charge is 0.153 e. The number of aliphatic hydroxyl groups is 1. The van der Waals surface area contributed by atoms with E-state index in [1.807, 2.05) is 31.2 Å². The molecular weight excluding hydrogens is 286 g/mol. The second-order valence-corrected chi connectivity index (χ2v) is 6.60. The van der Waals surface area contributed by atoms with Crippen LogP contribution in [0.3, 0.4) is 0 Å². The van der Waals surface area contributed by atoms with Gasteiger partial charge in [-0.15, -0.1) is 0 Å². The van der Waals surface area contributed by atoms with Gasteiger partial charge < -0.3 is 5.11 Å². The second kappa shape index (κ2) is 6.16. The zero-order valence-electron chi connectivity index (χ0n) is 12.7. The summed E-state index contributed by atoms with van der Waals surface area (Å²) in [5.74, 6) is 0.642. The Morgan fingerprint density at radius 3 is 2.38 bits per heavy atom. The molecule has 0 bridgehead atoms. The molecule has 1 aromatic carbocycles. The molecule has 0 spiro atoms. The topological polar surface area (TPSA) is 61.8 Å². The van der Waals surface area contributed by atoms with Crippen molar-refractivity contribution in [2.45, 2.75) is 45.6 Å². The number of hydrogen-bond acceptors (Lipinski definition) is 3. The maximum Gasteiger partial charge on any atom is 0.153 e. The summed E-state index contributed by atoms with van der Waals surface area (Å²) in [4.78, 5) is 4.14. The summed E-state index contributed by atoms with van der Waals surface area (Å²) in [6.45, 7) is 6.16. The van der Waals surface area contributed by atoms with Crippen molar-refractivity contribution >= 4 is 11.6 Å². The third kappa shape index (κ3) is 3.63. The molecule has 21 heavy (non-hydrogen) atoms. The number of H-pyrrole nitrogens is 1. The Hall–Kier alpha value is -1.39. The summed E-state index contributed by atoms with van der Waals surface area (Å²) in [6.07, 6.45) is 3.38. The van der Waals surface area contributed by atoms with Crippen LogP contribution in [0.25, 0.3) is 0 Å². The van der Waals surface area contributed by atoms with Gasteiger partial charge in [0.25, 0.3) is 0 Å². The lowest BCUT2D eigenvalue weighted by molar-refractivity contribution is -0.0710. The number of aromatic nitrogens is 3. The first kappa shape index (κ1) is 16.0. The van der Waals surface area contributed by atoms with Crippen molar-refractivity contribution in [3.05, 3.63) is 47.0 Å². The van der Waals surface area contributed by atoms with E-state index in [2.05, 4.69) is 29.0 Å². The molecule has 1 unspecified atom stereocenters. The second-order valence-electron chi connectivity index (χ2n) is 6.16. The number of nitrogens with one attached hydrogen (secondary N) is 1. The van der Waals surface area contributed by atoms with E-state index in [1.54, 1.807) is 0 Å². The minimum Gasteiger partial charge on any atom is -0.389 e. The van der Waals surface area contributed by atoms with E-state index >= 15 is 0 Å². The molecule has 0 radical (unpaired) electrons. The van der Waals surface area contributed by atoms with Crippen LogP contribution in [0, 0.1) is 5.41 Å². The molecule has 2 aromatic rings.